The molecular formula is C21H24N4OS. The lowest BCUT2D eigenvalue weighted by Crippen LogP contribution is -2.32. The average Bonchev–Trinajstić information content (AvgIpc) is 3.22. The maximum absolute atomic E-state index is 13.2. The third kappa shape index (κ3) is 3.32. The molecule has 1 atom stereocenters. The van der Waals surface area contributed by atoms with Crippen LogP contribution in [-0.4, -0.2) is 26.0 Å². The van der Waals surface area contributed by atoms with Crippen LogP contribution in [0.25, 0.3) is 10.9 Å². The first-order chi connectivity index (χ1) is 13.2. The molecule has 1 aliphatic heterocycles. The lowest BCUT2D eigenvalue weighted by molar-refractivity contribution is 0.234. The van der Waals surface area contributed by atoms with Gasteiger partial charge in [0.25, 0.3) is 5.56 Å². The highest BCUT2D eigenvalue weighted by Crippen LogP contribution is 2.35. The van der Waals surface area contributed by atoms with E-state index in [2.05, 4.69) is 9.88 Å². The molecule has 2 aromatic heterocycles. The Hall–Kier alpha value is -2.05. The second-order valence-corrected chi connectivity index (χ2v) is 9.14. The summed E-state index contributed by atoms with van der Waals surface area (Å²) in [6.45, 7) is 4.81. The molecule has 6 heteroatoms. The van der Waals surface area contributed by atoms with Gasteiger partial charge in [0.2, 0.25) is 0 Å². The van der Waals surface area contributed by atoms with Gasteiger partial charge in [-0.3, -0.25) is 14.3 Å². The van der Waals surface area contributed by atoms with Crippen molar-refractivity contribution < 1.29 is 0 Å². The van der Waals surface area contributed by atoms with Crippen molar-refractivity contribution in [2.75, 3.05) is 6.54 Å². The predicted molar refractivity (Wildman–Crippen MR) is 108 cm³/mol. The first-order valence-corrected chi connectivity index (χ1v) is 10.7. The van der Waals surface area contributed by atoms with Crippen molar-refractivity contribution in [1.29, 1.82) is 0 Å². The number of para-hydroxylation sites is 1. The number of benzene rings is 1. The summed E-state index contributed by atoms with van der Waals surface area (Å²) in [4.78, 5) is 26.4. The molecule has 1 aliphatic carbocycles. The number of fused-ring (bicyclic) bond motifs is 1. The summed E-state index contributed by atoms with van der Waals surface area (Å²) < 4.78 is 1.99. The predicted octanol–water partition coefficient (Wildman–Crippen LogP) is 3.91. The van der Waals surface area contributed by atoms with Gasteiger partial charge in [0.1, 0.15) is 5.82 Å². The summed E-state index contributed by atoms with van der Waals surface area (Å²) in [5, 5.41) is 1.85. The van der Waals surface area contributed by atoms with Crippen molar-refractivity contribution in [3.8, 4) is 0 Å². The van der Waals surface area contributed by atoms with Crippen molar-refractivity contribution in [2.24, 2.45) is 5.92 Å². The topological polar surface area (TPSA) is 51.0 Å². The average molecular weight is 381 g/mol. The molecule has 5 rings (SSSR count). The molecule has 1 unspecified atom stereocenters. The quantitative estimate of drug-likeness (QED) is 0.673. The van der Waals surface area contributed by atoms with Crippen LogP contribution in [0.2, 0.25) is 0 Å². The summed E-state index contributed by atoms with van der Waals surface area (Å²) in [6, 6.07) is 7.98. The Balaban J connectivity index is 1.56. The van der Waals surface area contributed by atoms with Crippen LogP contribution in [0, 0.1) is 12.8 Å². The zero-order valence-corrected chi connectivity index (χ0v) is 16.4. The molecule has 1 saturated heterocycles. The summed E-state index contributed by atoms with van der Waals surface area (Å²) in [7, 11) is 0. The molecule has 0 radical (unpaired) electrons. The van der Waals surface area contributed by atoms with Gasteiger partial charge in [0.15, 0.2) is 0 Å². The minimum Gasteiger partial charge on any atom is -0.295 e. The van der Waals surface area contributed by atoms with Crippen LogP contribution in [0.1, 0.15) is 47.4 Å². The molecule has 0 bridgehead atoms. The maximum atomic E-state index is 13.2. The number of rotatable bonds is 5. The first-order valence-electron chi connectivity index (χ1n) is 9.84. The van der Waals surface area contributed by atoms with Crippen LogP contribution >= 0.6 is 11.3 Å². The number of likely N-dealkylation sites (tertiary alicyclic amines) is 1. The first kappa shape index (κ1) is 17.1. The number of aryl methyl sites for hydroxylation is 1. The van der Waals surface area contributed by atoms with Crippen LogP contribution in [0.5, 0.6) is 0 Å². The lowest BCUT2D eigenvalue weighted by Gasteiger charge is -2.26. The molecule has 5 nitrogen and oxygen atoms in total. The SMILES string of the molecule is Cc1ncc(CN2CCCC2c2nc3ccccc3c(=O)n2CC2CC2)s1. The number of thiazole rings is 1. The van der Waals surface area contributed by atoms with E-state index in [-0.39, 0.29) is 11.6 Å². The van der Waals surface area contributed by atoms with E-state index in [9.17, 15) is 4.79 Å². The Bertz CT molecular complexity index is 1040. The van der Waals surface area contributed by atoms with Gasteiger partial charge in [-0.15, -0.1) is 11.3 Å². The van der Waals surface area contributed by atoms with Crippen molar-refractivity contribution >= 4 is 22.2 Å². The van der Waals surface area contributed by atoms with E-state index in [1.54, 1.807) is 11.3 Å². The second-order valence-electron chi connectivity index (χ2n) is 7.82. The highest BCUT2D eigenvalue weighted by atomic mass is 32.1. The number of nitrogens with zero attached hydrogens (tertiary/aromatic N) is 4. The van der Waals surface area contributed by atoms with Crippen LogP contribution < -0.4 is 5.56 Å². The fraction of sp³-hybridized carbons (Fsp3) is 0.476. The van der Waals surface area contributed by atoms with Crippen molar-refractivity contribution in [2.45, 2.75) is 51.7 Å². The highest BCUT2D eigenvalue weighted by Gasteiger charge is 2.32. The second kappa shape index (κ2) is 6.84. The van der Waals surface area contributed by atoms with E-state index in [4.69, 9.17) is 4.98 Å². The number of hydrogen-bond acceptors (Lipinski definition) is 5. The van der Waals surface area contributed by atoms with Crippen molar-refractivity contribution in [3.63, 3.8) is 0 Å². The van der Waals surface area contributed by atoms with Gasteiger partial charge in [0.05, 0.1) is 22.0 Å². The van der Waals surface area contributed by atoms with E-state index in [1.807, 2.05) is 42.0 Å². The molecule has 3 heterocycles. The summed E-state index contributed by atoms with van der Waals surface area (Å²) in [6.07, 6.45) is 6.66. The van der Waals surface area contributed by atoms with Gasteiger partial charge in [-0.1, -0.05) is 12.1 Å². The summed E-state index contributed by atoms with van der Waals surface area (Å²) in [5.41, 5.74) is 0.952. The van der Waals surface area contributed by atoms with Gasteiger partial charge in [-0.05, 0) is 57.2 Å². The van der Waals surface area contributed by atoms with Crippen LogP contribution in [0.3, 0.4) is 0 Å². The molecule has 1 aromatic carbocycles. The van der Waals surface area contributed by atoms with Gasteiger partial charge in [-0.2, -0.15) is 0 Å². The minimum atomic E-state index is 0.128. The Labute approximate surface area is 162 Å². The van der Waals surface area contributed by atoms with Gasteiger partial charge < -0.3 is 0 Å². The zero-order valence-electron chi connectivity index (χ0n) is 15.6. The third-order valence-electron chi connectivity index (χ3n) is 5.72. The number of hydrogen-bond donors (Lipinski definition) is 0. The highest BCUT2D eigenvalue weighted by molar-refractivity contribution is 7.11. The summed E-state index contributed by atoms with van der Waals surface area (Å²) >= 11 is 1.76. The van der Waals surface area contributed by atoms with Crippen LogP contribution in [0.15, 0.2) is 35.3 Å². The largest absolute Gasteiger partial charge is 0.295 e. The lowest BCUT2D eigenvalue weighted by atomic mass is 10.1. The Morgan fingerprint density at radius 3 is 2.85 bits per heavy atom. The molecular weight excluding hydrogens is 356 g/mol. The molecule has 27 heavy (non-hydrogen) atoms. The summed E-state index contributed by atoms with van der Waals surface area (Å²) in [5.74, 6) is 1.60. The Kier molecular flexibility index (Phi) is 4.32. The molecule has 0 N–H and O–H groups in total. The minimum absolute atomic E-state index is 0.128. The molecule has 140 valence electrons. The normalized spacial score (nSPS) is 20.6. The fourth-order valence-corrected chi connectivity index (χ4v) is 4.98. The Morgan fingerprint density at radius 2 is 2.07 bits per heavy atom. The molecule has 2 aliphatic rings. The van der Waals surface area contributed by atoms with E-state index >= 15 is 0 Å². The van der Waals surface area contributed by atoms with Crippen LogP contribution in [-0.2, 0) is 13.1 Å². The molecule has 2 fully saturated rings. The Morgan fingerprint density at radius 1 is 1.22 bits per heavy atom. The molecule has 0 amide bonds. The standard InChI is InChI=1S/C21H24N4OS/c1-14-22-11-16(27-14)13-24-10-4-7-19(24)20-23-18-6-3-2-5-17(18)21(26)25(20)12-15-8-9-15/h2-3,5-6,11,15,19H,4,7-10,12-13H2,1H3. The van der Waals surface area contributed by atoms with Crippen molar-refractivity contribution in [1.82, 2.24) is 19.4 Å². The van der Waals surface area contributed by atoms with E-state index in [0.29, 0.717) is 5.92 Å². The van der Waals surface area contributed by atoms with Crippen LogP contribution in [0.4, 0.5) is 0 Å². The van der Waals surface area contributed by atoms with E-state index in [1.165, 1.54) is 17.7 Å². The smallest absolute Gasteiger partial charge is 0.261 e. The fourth-order valence-electron chi connectivity index (χ4n) is 4.16. The molecule has 1 saturated carbocycles. The van der Waals surface area contributed by atoms with Gasteiger partial charge >= 0.3 is 0 Å². The van der Waals surface area contributed by atoms with Gasteiger partial charge in [0, 0.05) is 24.2 Å². The molecule has 0 spiro atoms. The number of aromatic nitrogens is 3. The van der Waals surface area contributed by atoms with E-state index < -0.39 is 0 Å². The third-order valence-corrected chi connectivity index (χ3v) is 6.62. The van der Waals surface area contributed by atoms with E-state index in [0.717, 1.165) is 54.2 Å². The zero-order chi connectivity index (χ0) is 18.4. The van der Waals surface area contributed by atoms with Crippen molar-refractivity contribution in [3.05, 3.63) is 56.5 Å². The molecule has 3 aromatic rings. The van der Waals surface area contributed by atoms with Gasteiger partial charge in [-0.25, -0.2) is 9.97 Å². The maximum Gasteiger partial charge on any atom is 0.261 e. The monoisotopic (exact) mass is 380 g/mol.